The molecule has 0 aromatic rings. The van der Waals surface area contributed by atoms with Crippen LogP contribution in [-0.2, 0) is 10.0 Å². The summed E-state index contributed by atoms with van der Waals surface area (Å²) in [4.78, 5) is 0. The third kappa shape index (κ3) is 3.14. The van der Waals surface area contributed by atoms with E-state index in [9.17, 15) is 48.1 Å². The summed E-state index contributed by atoms with van der Waals surface area (Å²) in [5.74, 6) is -6.22. The summed E-state index contributed by atoms with van der Waals surface area (Å²) in [6, 6.07) is 0. The molecule has 0 saturated carbocycles. The first-order chi connectivity index (χ1) is 7.15. The Bertz CT molecular complexity index is 371. The van der Waals surface area contributed by atoms with Gasteiger partial charge in [-0.15, -0.1) is 0 Å². The molecule has 0 saturated heterocycles. The zero-order valence-corrected chi connectivity index (χ0v) is 8.10. The average Bonchev–Trinajstić information content (AvgIpc) is 1.98. The Balaban J connectivity index is 5.46. The Kier molecular flexibility index (Phi) is 4.01. The van der Waals surface area contributed by atoms with E-state index in [1.807, 2.05) is 0 Å². The number of rotatable bonds is 4. The van der Waals surface area contributed by atoms with Crippen LogP contribution >= 0.6 is 0 Å². The summed E-state index contributed by atoms with van der Waals surface area (Å²) in [7, 11) is -7.19. The van der Waals surface area contributed by atoms with Crippen molar-refractivity contribution >= 4 is 10.0 Å². The van der Waals surface area contributed by atoms with Gasteiger partial charge >= 0.3 is 27.4 Å². The number of hydrogen-bond donors (Lipinski definition) is 0. The van der Waals surface area contributed by atoms with Gasteiger partial charge < -0.3 is 0 Å². The van der Waals surface area contributed by atoms with Gasteiger partial charge in [0.2, 0.25) is 0 Å². The van der Waals surface area contributed by atoms with E-state index in [1.54, 1.807) is 0 Å². The van der Waals surface area contributed by atoms with Gasteiger partial charge in [-0.05, 0) is 0 Å². The lowest BCUT2D eigenvalue weighted by Crippen LogP contribution is -2.51. The van der Waals surface area contributed by atoms with Crippen molar-refractivity contribution < 1.29 is 48.1 Å². The molecular weight excluding hydrogens is 297 g/mol. The molecule has 0 heterocycles. The summed E-state index contributed by atoms with van der Waals surface area (Å²) in [6.45, 7) is 0. The van der Waals surface area contributed by atoms with E-state index in [2.05, 4.69) is 0 Å². The van der Waals surface area contributed by atoms with Crippen LogP contribution in [0.4, 0.5) is 39.7 Å². The topological polar surface area (TPSA) is 37.4 Å². The molecule has 0 aliphatic heterocycles. The van der Waals surface area contributed by atoms with Crippen molar-refractivity contribution in [2.45, 2.75) is 23.8 Å². The predicted molar refractivity (Wildman–Crippen MR) is 33.5 cm³/mol. The third-order valence-corrected chi connectivity index (χ3v) is 2.66. The molecule has 0 aliphatic carbocycles. The molecular formula is C4H2F9NO2S. The molecule has 0 aliphatic rings. The average molecular weight is 299 g/mol. The van der Waals surface area contributed by atoms with Gasteiger partial charge in [-0.3, -0.25) is 0 Å². The van der Waals surface area contributed by atoms with Gasteiger partial charge in [0.05, 0.1) is 0 Å². The monoisotopic (exact) mass is 299 g/mol. The van der Waals surface area contributed by atoms with Gasteiger partial charge in [0.1, 0.15) is 11.2 Å². The molecule has 0 spiro atoms. The van der Waals surface area contributed by atoms with Crippen LogP contribution in [0.2, 0.25) is 0 Å². The Morgan fingerprint density at radius 3 is 1.47 bits per heavy atom. The minimum Gasteiger partial charge on any atom is -0.201 e. The molecule has 0 amide bonds. The highest BCUT2D eigenvalue weighted by atomic mass is 32.2. The van der Waals surface area contributed by atoms with Crippen molar-refractivity contribution in [3.8, 4) is 0 Å². The smallest absolute Gasteiger partial charge is 0.201 e. The van der Waals surface area contributed by atoms with Gasteiger partial charge in [-0.2, -0.15) is 30.7 Å². The van der Waals surface area contributed by atoms with Crippen molar-refractivity contribution in [1.29, 1.82) is 0 Å². The highest BCUT2D eigenvalue weighted by Gasteiger charge is 2.71. The normalized spacial score (nSPS) is 15.4. The SMILES string of the molecule is O=S(=O)(N(F)F)C(F)(F)C(F)(F)CC(F)(F)F. The largest absolute Gasteiger partial charge is 0.425 e. The fraction of sp³-hybridized carbons (Fsp3) is 1.00. The second kappa shape index (κ2) is 4.19. The maximum absolute atomic E-state index is 12.4. The predicted octanol–water partition coefficient (Wildman–Crippen LogP) is 2.57. The van der Waals surface area contributed by atoms with Crippen LogP contribution in [0.25, 0.3) is 0 Å². The Hall–Kier alpha value is -0.720. The molecule has 0 aromatic carbocycles. The maximum Gasteiger partial charge on any atom is 0.425 e. The van der Waals surface area contributed by atoms with Crippen LogP contribution in [-0.4, -0.2) is 30.5 Å². The minimum absolute atomic E-state index is 3.27. The standard InChI is InChI=1S/C4H2F9NO2S/c5-2(6,1-3(7,8)9)4(10,11)17(15,16)14(12)13/h1H2. The molecule has 0 N–H and O–H groups in total. The minimum atomic E-state index is -7.19. The molecule has 104 valence electrons. The Morgan fingerprint density at radius 1 is 0.882 bits per heavy atom. The number of halogens is 9. The van der Waals surface area contributed by atoms with E-state index in [1.165, 1.54) is 0 Å². The number of alkyl halides is 7. The first-order valence-corrected chi connectivity index (χ1v) is 4.78. The second-order valence-electron chi connectivity index (χ2n) is 2.69. The maximum atomic E-state index is 12.4. The van der Waals surface area contributed by atoms with Crippen LogP contribution in [0, 0.1) is 0 Å². The number of nitrogens with zero attached hydrogens (tertiary/aromatic N) is 1. The van der Waals surface area contributed by atoms with E-state index in [4.69, 9.17) is 0 Å². The van der Waals surface area contributed by atoms with Gasteiger partial charge in [-0.1, -0.05) is 8.96 Å². The van der Waals surface area contributed by atoms with Crippen LogP contribution in [0.1, 0.15) is 6.42 Å². The lowest BCUT2D eigenvalue weighted by Gasteiger charge is -2.26. The van der Waals surface area contributed by atoms with Crippen molar-refractivity contribution in [3.63, 3.8) is 0 Å². The van der Waals surface area contributed by atoms with Gasteiger partial charge in [0, 0.05) is 0 Å². The lowest BCUT2D eigenvalue weighted by molar-refractivity contribution is -0.239. The van der Waals surface area contributed by atoms with Crippen LogP contribution < -0.4 is 0 Å². The van der Waals surface area contributed by atoms with Crippen LogP contribution in [0.15, 0.2) is 0 Å². The molecule has 13 heteroatoms. The second-order valence-corrected chi connectivity index (χ2v) is 4.43. The van der Waals surface area contributed by atoms with E-state index in [0.717, 1.165) is 0 Å². The van der Waals surface area contributed by atoms with E-state index in [-0.39, 0.29) is 0 Å². The van der Waals surface area contributed by atoms with Gasteiger partial charge in [-0.25, -0.2) is 8.42 Å². The summed E-state index contributed by atoms with van der Waals surface area (Å²) in [6.07, 6.45) is -9.42. The number of hydrogen-bond acceptors (Lipinski definition) is 2. The van der Waals surface area contributed by atoms with Crippen molar-refractivity contribution in [1.82, 2.24) is 4.75 Å². The summed E-state index contributed by atoms with van der Waals surface area (Å²) in [5.41, 5.74) is 0. The van der Waals surface area contributed by atoms with Crippen molar-refractivity contribution in [2.75, 3.05) is 0 Å². The fourth-order valence-corrected chi connectivity index (χ4v) is 1.25. The Labute approximate surface area is 87.7 Å². The summed E-state index contributed by atoms with van der Waals surface area (Å²) in [5, 5.41) is -6.58. The first-order valence-electron chi connectivity index (χ1n) is 3.34. The van der Waals surface area contributed by atoms with Gasteiger partial charge in [0.25, 0.3) is 0 Å². The van der Waals surface area contributed by atoms with Crippen LogP contribution in [0.3, 0.4) is 0 Å². The van der Waals surface area contributed by atoms with Crippen molar-refractivity contribution in [2.24, 2.45) is 0 Å². The van der Waals surface area contributed by atoms with E-state index < -0.39 is 38.5 Å². The highest BCUT2D eigenvalue weighted by molar-refractivity contribution is 7.89. The molecule has 0 bridgehead atoms. The Morgan fingerprint density at radius 2 is 1.24 bits per heavy atom. The number of sulfonamides is 1. The first kappa shape index (κ1) is 16.3. The zero-order chi connectivity index (χ0) is 14.3. The fourth-order valence-electron chi connectivity index (χ4n) is 0.630. The third-order valence-electron chi connectivity index (χ3n) is 1.35. The van der Waals surface area contributed by atoms with Crippen molar-refractivity contribution in [3.05, 3.63) is 0 Å². The summed E-state index contributed by atoms with van der Waals surface area (Å²) < 4.78 is 124. The van der Waals surface area contributed by atoms with E-state index in [0.29, 0.717) is 0 Å². The molecule has 0 radical (unpaired) electrons. The molecule has 0 fully saturated rings. The van der Waals surface area contributed by atoms with Gasteiger partial charge in [0.15, 0.2) is 0 Å². The molecule has 0 atom stereocenters. The molecule has 3 nitrogen and oxygen atoms in total. The molecule has 0 unspecified atom stereocenters. The lowest BCUT2D eigenvalue weighted by atomic mass is 10.2. The zero-order valence-electron chi connectivity index (χ0n) is 7.28. The van der Waals surface area contributed by atoms with Crippen LogP contribution in [0.5, 0.6) is 0 Å². The molecule has 0 aromatic heterocycles. The summed E-state index contributed by atoms with van der Waals surface area (Å²) >= 11 is 0. The molecule has 17 heavy (non-hydrogen) atoms. The highest BCUT2D eigenvalue weighted by Crippen LogP contribution is 2.46. The quantitative estimate of drug-likeness (QED) is 0.591. The molecule has 0 rings (SSSR count). The van der Waals surface area contributed by atoms with E-state index >= 15 is 0 Å².